The summed E-state index contributed by atoms with van der Waals surface area (Å²) in [6, 6.07) is -0.483. The van der Waals surface area contributed by atoms with Gasteiger partial charge in [-0.2, -0.15) is 0 Å². The van der Waals surface area contributed by atoms with Crippen molar-refractivity contribution >= 4 is 23.8 Å². The van der Waals surface area contributed by atoms with Crippen LogP contribution in [0.1, 0.15) is 6.42 Å². The second-order valence-electron chi connectivity index (χ2n) is 4.66. The van der Waals surface area contributed by atoms with Gasteiger partial charge in [0, 0.05) is 14.1 Å². The molecule has 1 N–H and O–H groups in total. The monoisotopic (exact) mass is 269 g/mol. The third-order valence-electron chi connectivity index (χ3n) is 3.62. The summed E-state index contributed by atoms with van der Waals surface area (Å²) in [5.41, 5.74) is 0. The van der Waals surface area contributed by atoms with Crippen LogP contribution in [0.5, 0.6) is 0 Å². The van der Waals surface area contributed by atoms with Gasteiger partial charge in [-0.1, -0.05) is 0 Å². The molecule has 0 aromatic heterocycles. The van der Waals surface area contributed by atoms with Gasteiger partial charge in [0.05, 0.1) is 13.0 Å². The molecule has 0 aromatic rings. The molecule has 0 bridgehead atoms. The Kier molecular flexibility index (Phi) is 3.17. The minimum absolute atomic E-state index is 0.0456. The van der Waals surface area contributed by atoms with E-state index in [-0.39, 0.29) is 6.42 Å². The van der Waals surface area contributed by atoms with Crippen LogP contribution in [0.15, 0.2) is 0 Å². The number of ether oxygens (including phenoxy) is 1. The van der Waals surface area contributed by atoms with Gasteiger partial charge in [-0.15, -0.1) is 0 Å². The number of hydrogen-bond acceptors (Lipinski definition) is 5. The number of piperidine rings is 1. The molecule has 0 saturated carbocycles. The predicted octanol–water partition coefficient (Wildman–Crippen LogP) is -1.24. The number of esters is 1. The fourth-order valence-corrected chi connectivity index (χ4v) is 2.48. The lowest BCUT2D eigenvalue weighted by molar-refractivity contribution is -0.157. The van der Waals surface area contributed by atoms with E-state index >= 15 is 0 Å². The van der Waals surface area contributed by atoms with E-state index < -0.39 is 41.8 Å². The lowest BCUT2D eigenvalue weighted by atomic mass is 9.84. The molecule has 19 heavy (non-hydrogen) atoms. The van der Waals surface area contributed by atoms with E-state index in [0.29, 0.717) is 0 Å². The standard InChI is InChI=1S/C11H15N3O5/c1-13-7-5(9(16)14(2)11(13)18)4-6(8(15)12-7)10(17)19-3/h5-7H,4H2,1-3H3,(H,12,15). The number of amides is 4. The summed E-state index contributed by atoms with van der Waals surface area (Å²) >= 11 is 0. The van der Waals surface area contributed by atoms with Crippen LogP contribution in [-0.2, 0) is 19.1 Å². The first kappa shape index (κ1) is 13.3. The van der Waals surface area contributed by atoms with Gasteiger partial charge in [0.2, 0.25) is 11.8 Å². The molecule has 0 aliphatic carbocycles. The van der Waals surface area contributed by atoms with Crippen LogP contribution in [0, 0.1) is 11.8 Å². The number of carbonyl (C=O) groups is 4. The number of rotatable bonds is 1. The van der Waals surface area contributed by atoms with Crippen molar-refractivity contribution in [3.05, 3.63) is 0 Å². The molecule has 0 radical (unpaired) electrons. The molecule has 2 aliphatic rings. The van der Waals surface area contributed by atoms with Crippen molar-refractivity contribution in [1.29, 1.82) is 0 Å². The second kappa shape index (κ2) is 4.52. The Morgan fingerprint density at radius 2 is 1.95 bits per heavy atom. The van der Waals surface area contributed by atoms with E-state index in [0.717, 1.165) is 4.90 Å². The SMILES string of the molecule is COC(=O)C1CC2C(=O)N(C)C(=O)N(C)C2NC1=O. The Balaban J connectivity index is 2.27. The average Bonchev–Trinajstić information content (AvgIpc) is 2.41. The van der Waals surface area contributed by atoms with E-state index in [1.807, 2.05) is 0 Å². The van der Waals surface area contributed by atoms with Crippen LogP contribution in [-0.4, -0.2) is 61.0 Å². The predicted molar refractivity (Wildman–Crippen MR) is 61.5 cm³/mol. The van der Waals surface area contributed by atoms with Gasteiger partial charge in [0.15, 0.2) is 0 Å². The first-order valence-electron chi connectivity index (χ1n) is 5.81. The van der Waals surface area contributed by atoms with Crippen molar-refractivity contribution in [3.8, 4) is 0 Å². The largest absolute Gasteiger partial charge is 0.468 e. The quantitative estimate of drug-likeness (QED) is 0.474. The third kappa shape index (κ3) is 1.92. The maximum Gasteiger partial charge on any atom is 0.327 e. The van der Waals surface area contributed by atoms with E-state index in [1.165, 1.54) is 26.1 Å². The smallest absolute Gasteiger partial charge is 0.327 e. The van der Waals surface area contributed by atoms with E-state index in [4.69, 9.17) is 0 Å². The van der Waals surface area contributed by atoms with Crippen molar-refractivity contribution in [2.45, 2.75) is 12.6 Å². The number of nitrogens with one attached hydrogen (secondary N) is 1. The summed E-state index contributed by atoms with van der Waals surface area (Å²) in [4.78, 5) is 49.4. The topological polar surface area (TPSA) is 96.0 Å². The zero-order chi connectivity index (χ0) is 14.3. The molecule has 8 heteroatoms. The van der Waals surface area contributed by atoms with Crippen LogP contribution in [0.3, 0.4) is 0 Å². The highest BCUT2D eigenvalue weighted by Crippen LogP contribution is 2.30. The van der Waals surface area contributed by atoms with Gasteiger partial charge in [0.25, 0.3) is 0 Å². The first-order valence-corrected chi connectivity index (χ1v) is 5.81. The van der Waals surface area contributed by atoms with E-state index in [9.17, 15) is 19.2 Å². The van der Waals surface area contributed by atoms with Crippen molar-refractivity contribution in [2.75, 3.05) is 21.2 Å². The maximum atomic E-state index is 12.1. The molecule has 2 saturated heterocycles. The summed E-state index contributed by atoms with van der Waals surface area (Å²) < 4.78 is 4.54. The number of methoxy groups -OCH3 is 1. The van der Waals surface area contributed by atoms with E-state index in [1.54, 1.807) is 0 Å². The fourth-order valence-electron chi connectivity index (χ4n) is 2.48. The van der Waals surface area contributed by atoms with Gasteiger partial charge in [-0.05, 0) is 6.42 Å². The molecule has 0 aromatic carbocycles. The average molecular weight is 269 g/mol. The molecule has 2 fully saturated rings. The molecule has 4 amide bonds. The number of fused-ring (bicyclic) bond motifs is 1. The fraction of sp³-hybridized carbons (Fsp3) is 0.636. The molecule has 3 atom stereocenters. The number of imide groups is 1. The van der Waals surface area contributed by atoms with Crippen molar-refractivity contribution in [3.63, 3.8) is 0 Å². The third-order valence-corrected chi connectivity index (χ3v) is 3.62. The summed E-state index contributed by atoms with van der Waals surface area (Å²) in [7, 11) is 4.06. The molecular weight excluding hydrogens is 254 g/mol. The van der Waals surface area contributed by atoms with Crippen LogP contribution in [0.4, 0.5) is 4.79 Å². The molecule has 0 spiro atoms. The zero-order valence-electron chi connectivity index (χ0n) is 10.9. The lowest BCUT2D eigenvalue weighted by Crippen LogP contribution is -2.68. The van der Waals surface area contributed by atoms with Crippen molar-refractivity contribution in [1.82, 2.24) is 15.1 Å². The minimum atomic E-state index is -1.01. The highest BCUT2D eigenvalue weighted by atomic mass is 16.5. The number of nitrogens with zero attached hydrogens (tertiary/aromatic N) is 2. The van der Waals surface area contributed by atoms with Gasteiger partial charge >= 0.3 is 12.0 Å². The Morgan fingerprint density at radius 3 is 2.53 bits per heavy atom. The van der Waals surface area contributed by atoms with Gasteiger partial charge in [-0.3, -0.25) is 19.3 Å². The number of hydrogen-bond donors (Lipinski definition) is 1. The van der Waals surface area contributed by atoms with Crippen LogP contribution < -0.4 is 5.32 Å². The Labute approximate surface area is 109 Å². The molecule has 3 unspecified atom stereocenters. The molecule has 2 rings (SSSR count). The second-order valence-corrected chi connectivity index (χ2v) is 4.66. The summed E-state index contributed by atoms with van der Waals surface area (Å²) in [5.74, 6) is -3.24. The lowest BCUT2D eigenvalue weighted by Gasteiger charge is -2.45. The summed E-state index contributed by atoms with van der Waals surface area (Å²) in [6.45, 7) is 0. The maximum absolute atomic E-state index is 12.1. The summed E-state index contributed by atoms with van der Waals surface area (Å²) in [6.07, 6.45) is -0.658. The Bertz CT molecular complexity index is 463. The number of carbonyl (C=O) groups excluding carboxylic acids is 4. The van der Waals surface area contributed by atoms with Gasteiger partial charge in [-0.25, -0.2) is 4.79 Å². The molecule has 104 valence electrons. The highest BCUT2D eigenvalue weighted by Gasteiger charge is 2.50. The molecule has 2 aliphatic heterocycles. The Hall–Kier alpha value is -2.12. The molecule has 2 heterocycles. The van der Waals surface area contributed by atoms with E-state index in [2.05, 4.69) is 10.1 Å². The molecular formula is C11H15N3O5. The van der Waals surface area contributed by atoms with Gasteiger partial charge < -0.3 is 15.0 Å². The highest BCUT2D eigenvalue weighted by molar-refractivity contribution is 6.03. The first-order chi connectivity index (χ1) is 8.88. The number of urea groups is 1. The van der Waals surface area contributed by atoms with Gasteiger partial charge in [0.1, 0.15) is 12.1 Å². The van der Waals surface area contributed by atoms with Crippen LogP contribution in [0.2, 0.25) is 0 Å². The minimum Gasteiger partial charge on any atom is -0.468 e. The van der Waals surface area contributed by atoms with Crippen LogP contribution in [0.25, 0.3) is 0 Å². The summed E-state index contributed by atoms with van der Waals surface area (Å²) in [5, 5.41) is 2.53. The normalized spacial score (nSPS) is 30.9. The van der Waals surface area contributed by atoms with Crippen LogP contribution >= 0.6 is 0 Å². The zero-order valence-corrected chi connectivity index (χ0v) is 10.9. The molecule has 8 nitrogen and oxygen atoms in total. The van der Waals surface area contributed by atoms with Crippen molar-refractivity contribution < 1.29 is 23.9 Å². The Morgan fingerprint density at radius 1 is 1.32 bits per heavy atom. The van der Waals surface area contributed by atoms with Crippen molar-refractivity contribution in [2.24, 2.45) is 11.8 Å².